The molecule has 4 rings (SSSR count). The van der Waals surface area contributed by atoms with Crippen LogP contribution < -0.4 is 24.8 Å². The molecule has 0 aliphatic heterocycles. The molecule has 0 atom stereocenters. The first-order valence-corrected chi connectivity index (χ1v) is 6.87. The summed E-state index contributed by atoms with van der Waals surface area (Å²) in [4.78, 5) is 0. The summed E-state index contributed by atoms with van der Waals surface area (Å²) in [5.74, 6) is 0. The number of hydrogen-bond donors (Lipinski definition) is 0. The van der Waals surface area contributed by atoms with Gasteiger partial charge in [0.25, 0.3) is 0 Å². The van der Waals surface area contributed by atoms with Crippen LogP contribution in [0.15, 0.2) is 72.9 Å². The van der Waals surface area contributed by atoms with Gasteiger partial charge >= 0.3 is 52.4 Å². The molecule has 0 aromatic rings. The smallest absolute Gasteiger partial charge is 1.00 e. The van der Waals surface area contributed by atoms with Gasteiger partial charge in [-0.15, -0.1) is 25.7 Å². The zero-order valence-electron chi connectivity index (χ0n) is 13.5. The zero-order valence-corrected chi connectivity index (χ0v) is 19.9. The summed E-state index contributed by atoms with van der Waals surface area (Å²) in [6.07, 6.45) is 40.0. The van der Waals surface area contributed by atoms with E-state index in [0.29, 0.717) is 0 Å². The zero-order chi connectivity index (χ0) is 14.1. The molecule has 124 valence electrons. The molecule has 0 aromatic heterocycles. The summed E-state index contributed by atoms with van der Waals surface area (Å²) in [7, 11) is 0. The molecule has 4 heteroatoms. The third-order valence-electron chi connectivity index (χ3n) is 2.34. The second-order valence-corrected chi connectivity index (χ2v) is 4.01. The maximum Gasteiger partial charge on any atom is 2.00 e. The van der Waals surface area contributed by atoms with Gasteiger partial charge in [-0.25, -0.2) is 48.6 Å². The van der Waals surface area contributed by atoms with Gasteiger partial charge in [-0.1, -0.05) is 0 Å². The fourth-order valence-electron chi connectivity index (χ4n) is 1.36. The molecule has 0 unspecified atom stereocenters. The van der Waals surface area contributed by atoms with Crippen molar-refractivity contribution in [2.45, 2.75) is 25.7 Å². The fourth-order valence-corrected chi connectivity index (χ4v) is 1.36. The van der Waals surface area contributed by atoms with Gasteiger partial charge < -0.3 is 24.8 Å². The Hall–Kier alpha value is 0.266. The van der Waals surface area contributed by atoms with Crippen LogP contribution in [0.2, 0.25) is 0 Å². The predicted octanol–water partition coefficient (Wildman–Crippen LogP) is -0.774. The molecule has 4 aliphatic rings. The van der Waals surface area contributed by atoms with Crippen molar-refractivity contribution in [2.75, 3.05) is 0 Å². The standard InChI is InChI=1S/4C5H5.2ClH.2Zr/c4*1-2-4-5-3-1;;;;/h4*1-3H,4H2;2*1H;;/q4*-1;;;2*+2/p-2. The van der Waals surface area contributed by atoms with Crippen LogP contribution >= 0.6 is 0 Å². The molecule has 0 heterocycles. The quantitative estimate of drug-likeness (QED) is 0.373. The van der Waals surface area contributed by atoms with Crippen LogP contribution in [0.1, 0.15) is 25.7 Å². The first-order valence-electron chi connectivity index (χ1n) is 6.87. The van der Waals surface area contributed by atoms with Crippen molar-refractivity contribution < 1.29 is 77.2 Å². The number of halogens is 2. The Labute approximate surface area is 198 Å². The summed E-state index contributed by atoms with van der Waals surface area (Å²) in [5.41, 5.74) is 0. The van der Waals surface area contributed by atoms with E-state index in [9.17, 15) is 0 Å². The van der Waals surface area contributed by atoms with Crippen LogP contribution in [0.4, 0.5) is 0 Å². The minimum absolute atomic E-state index is 0. The van der Waals surface area contributed by atoms with Crippen LogP contribution in [-0.4, -0.2) is 0 Å². The molecule has 0 bridgehead atoms. The molecule has 24 heavy (non-hydrogen) atoms. The Morgan fingerprint density at radius 2 is 0.625 bits per heavy atom. The molecule has 0 spiro atoms. The second kappa shape index (κ2) is 28.1. The third kappa shape index (κ3) is 24.5. The van der Waals surface area contributed by atoms with Gasteiger partial charge in [0, 0.05) is 0 Å². The third-order valence-corrected chi connectivity index (χ3v) is 2.34. The van der Waals surface area contributed by atoms with Crippen molar-refractivity contribution in [3.05, 3.63) is 97.2 Å². The maximum atomic E-state index is 2.99. The molecule has 0 saturated carbocycles. The fraction of sp³-hybridized carbons (Fsp3) is 0.200. The molecule has 0 amide bonds. The topological polar surface area (TPSA) is 0 Å². The van der Waals surface area contributed by atoms with Gasteiger partial charge in [-0.2, -0.15) is 24.3 Å². The van der Waals surface area contributed by atoms with E-state index in [4.69, 9.17) is 0 Å². The molecule has 0 radical (unpaired) electrons. The molecule has 0 aromatic carbocycles. The molecule has 0 N–H and O–H groups in total. The van der Waals surface area contributed by atoms with Crippen molar-refractivity contribution in [1.29, 1.82) is 0 Å². The van der Waals surface area contributed by atoms with E-state index >= 15 is 0 Å². The van der Waals surface area contributed by atoms with E-state index < -0.39 is 0 Å². The monoisotopic (exact) mass is 510 g/mol. The maximum absolute atomic E-state index is 2.99. The van der Waals surface area contributed by atoms with Crippen molar-refractivity contribution in [3.8, 4) is 0 Å². The average Bonchev–Trinajstić information content (AvgIpc) is 3.40. The summed E-state index contributed by atoms with van der Waals surface area (Å²) in [6, 6.07) is 0. The average molecular weight is 514 g/mol. The number of allylic oxidation sites excluding steroid dienone is 16. The predicted molar refractivity (Wildman–Crippen MR) is 86.3 cm³/mol. The first-order chi connectivity index (χ1) is 10.0. The number of rotatable bonds is 0. The van der Waals surface area contributed by atoms with Gasteiger partial charge in [0.1, 0.15) is 0 Å². The van der Waals surface area contributed by atoms with Gasteiger partial charge in [0.05, 0.1) is 0 Å². The van der Waals surface area contributed by atoms with Gasteiger partial charge in [0.15, 0.2) is 0 Å². The van der Waals surface area contributed by atoms with Crippen molar-refractivity contribution in [3.63, 3.8) is 0 Å². The van der Waals surface area contributed by atoms with Gasteiger partial charge in [-0.05, 0) is 0 Å². The SMILES string of the molecule is [C-]1=CC=CC1.[C-]1=CC=CC1.[C-]1=CC=CC1.[C-]1=CC=CC1.[Cl-].[Cl-].[Zr+2].[Zr+2]. The molecule has 0 fully saturated rings. The van der Waals surface area contributed by atoms with Crippen molar-refractivity contribution in [2.24, 2.45) is 0 Å². The summed E-state index contributed by atoms with van der Waals surface area (Å²) >= 11 is 0. The minimum atomic E-state index is 0. The Bertz CT molecular complexity index is 340. The van der Waals surface area contributed by atoms with Crippen LogP contribution in [0.25, 0.3) is 0 Å². The minimum Gasteiger partial charge on any atom is -1.00 e. The summed E-state index contributed by atoms with van der Waals surface area (Å²) < 4.78 is 0. The molecular weight excluding hydrogens is 494 g/mol. The van der Waals surface area contributed by atoms with E-state index in [-0.39, 0.29) is 77.2 Å². The van der Waals surface area contributed by atoms with E-state index in [2.05, 4.69) is 48.6 Å². The van der Waals surface area contributed by atoms with E-state index in [1.54, 1.807) is 0 Å². The van der Waals surface area contributed by atoms with Crippen LogP contribution in [0.3, 0.4) is 0 Å². The van der Waals surface area contributed by atoms with E-state index in [0.717, 1.165) is 25.7 Å². The molecule has 0 saturated heterocycles. The van der Waals surface area contributed by atoms with E-state index in [1.165, 1.54) is 0 Å². The van der Waals surface area contributed by atoms with Crippen LogP contribution in [0, 0.1) is 24.3 Å². The van der Waals surface area contributed by atoms with Crippen molar-refractivity contribution >= 4 is 0 Å². The Balaban J connectivity index is -0.000000105. The first kappa shape index (κ1) is 32.0. The number of hydrogen-bond acceptors (Lipinski definition) is 0. The van der Waals surface area contributed by atoms with Gasteiger partial charge in [-0.3, -0.25) is 24.3 Å². The molecule has 0 nitrogen and oxygen atoms in total. The molecular formula is C20H20Cl2Zr2-2. The molecule has 4 aliphatic carbocycles. The summed E-state index contributed by atoms with van der Waals surface area (Å²) in [5, 5.41) is 0. The second-order valence-electron chi connectivity index (χ2n) is 4.01. The largest absolute Gasteiger partial charge is 2.00 e. The summed E-state index contributed by atoms with van der Waals surface area (Å²) in [6.45, 7) is 0. The van der Waals surface area contributed by atoms with Crippen LogP contribution in [-0.2, 0) is 52.4 Å². The van der Waals surface area contributed by atoms with E-state index in [1.807, 2.05) is 48.6 Å². The Morgan fingerprint density at radius 1 is 0.417 bits per heavy atom. The Kier molecular flexibility index (Phi) is 37.4. The van der Waals surface area contributed by atoms with Crippen molar-refractivity contribution in [1.82, 2.24) is 0 Å². The van der Waals surface area contributed by atoms with Crippen LogP contribution in [0.5, 0.6) is 0 Å². The van der Waals surface area contributed by atoms with Gasteiger partial charge in [0.2, 0.25) is 0 Å². The normalized spacial score (nSPS) is 14.7. The Morgan fingerprint density at radius 3 is 0.667 bits per heavy atom.